The van der Waals surface area contributed by atoms with Gasteiger partial charge in [0.2, 0.25) is 0 Å². The SMILES string of the molecule is Cn1cnnc1CC1(c2cccc(-n3cc(C4CC4)c4cc(CN5CCC6(CC6)C5)[nH]c4c3=O)c2)COC1. The molecule has 0 radical (unpaired) electrons. The smallest absolute Gasteiger partial charge is 0.279 e. The van der Waals surface area contributed by atoms with E-state index in [1.165, 1.54) is 56.3 Å². The Hall–Kier alpha value is -3.23. The van der Waals surface area contributed by atoms with Gasteiger partial charge in [-0.15, -0.1) is 10.2 Å². The number of pyridine rings is 1. The molecule has 196 valence electrons. The van der Waals surface area contributed by atoms with Crippen LogP contribution in [0, 0.1) is 5.41 Å². The van der Waals surface area contributed by atoms with E-state index < -0.39 is 0 Å². The minimum absolute atomic E-state index is 0.0279. The Morgan fingerprint density at radius 1 is 1.16 bits per heavy atom. The van der Waals surface area contributed by atoms with Crippen LogP contribution in [0.4, 0.5) is 0 Å². The van der Waals surface area contributed by atoms with Crippen LogP contribution in [0.2, 0.25) is 0 Å². The third-order valence-electron chi connectivity index (χ3n) is 9.57. The summed E-state index contributed by atoms with van der Waals surface area (Å²) in [5.74, 6) is 1.48. The number of fused-ring (bicyclic) bond motifs is 1. The summed E-state index contributed by atoms with van der Waals surface area (Å²) in [5.41, 5.74) is 5.78. The Balaban J connectivity index is 1.16. The number of likely N-dealkylation sites (tertiary alicyclic amines) is 1. The normalized spacial score (nSPS) is 21.8. The number of hydrogen-bond donors (Lipinski definition) is 1. The van der Waals surface area contributed by atoms with E-state index >= 15 is 0 Å². The number of rotatable bonds is 7. The summed E-state index contributed by atoms with van der Waals surface area (Å²) in [6.07, 6.45) is 11.1. The van der Waals surface area contributed by atoms with Gasteiger partial charge in [-0.05, 0) is 79.3 Å². The number of aromatic nitrogens is 5. The minimum atomic E-state index is -0.155. The fourth-order valence-electron chi connectivity index (χ4n) is 6.75. The molecule has 0 atom stereocenters. The van der Waals surface area contributed by atoms with E-state index in [0.29, 0.717) is 24.5 Å². The second-order valence-corrected chi connectivity index (χ2v) is 12.4. The molecular weight excluding hydrogens is 476 g/mol. The quantitative estimate of drug-likeness (QED) is 0.409. The second-order valence-electron chi connectivity index (χ2n) is 12.4. The van der Waals surface area contributed by atoms with Crippen molar-refractivity contribution in [2.24, 2.45) is 12.5 Å². The van der Waals surface area contributed by atoms with Crippen LogP contribution in [0.3, 0.4) is 0 Å². The largest absolute Gasteiger partial charge is 0.379 e. The van der Waals surface area contributed by atoms with Gasteiger partial charge in [0.05, 0.1) is 13.2 Å². The summed E-state index contributed by atoms with van der Waals surface area (Å²) in [7, 11) is 1.98. The molecule has 4 fully saturated rings. The molecular formula is C30H34N6O2. The molecule has 4 aromatic rings. The van der Waals surface area contributed by atoms with Crippen LogP contribution < -0.4 is 5.56 Å². The summed E-state index contributed by atoms with van der Waals surface area (Å²) < 4.78 is 9.54. The topological polar surface area (TPSA) is 81.0 Å². The first kappa shape index (κ1) is 22.7. The summed E-state index contributed by atoms with van der Waals surface area (Å²) >= 11 is 0. The average molecular weight is 511 g/mol. The van der Waals surface area contributed by atoms with E-state index in [1.54, 1.807) is 6.33 Å². The van der Waals surface area contributed by atoms with E-state index in [1.807, 2.05) is 22.2 Å². The Labute approximate surface area is 221 Å². The van der Waals surface area contributed by atoms with Crippen molar-refractivity contribution in [3.05, 3.63) is 75.9 Å². The predicted octanol–water partition coefficient (Wildman–Crippen LogP) is 3.82. The number of benzene rings is 1. The van der Waals surface area contributed by atoms with E-state index in [0.717, 1.165) is 41.1 Å². The Morgan fingerprint density at radius 3 is 2.71 bits per heavy atom. The summed E-state index contributed by atoms with van der Waals surface area (Å²) in [5, 5.41) is 9.50. The number of ether oxygens (including phenoxy) is 1. The van der Waals surface area contributed by atoms with Crippen LogP contribution in [0.25, 0.3) is 16.6 Å². The van der Waals surface area contributed by atoms with Crippen molar-refractivity contribution >= 4 is 10.9 Å². The van der Waals surface area contributed by atoms with Crippen LogP contribution in [0.1, 0.15) is 60.7 Å². The second kappa shape index (κ2) is 8.13. The summed E-state index contributed by atoms with van der Waals surface area (Å²) in [6, 6.07) is 10.7. The first-order valence-corrected chi connectivity index (χ1v) is 14.0. The lowest BCUT2D eigenvalue weighted by molar-refractivity contribution is -0.0611. The average Bonchev–Trinajstić information content (AvgIpc) is 3.74. The molecule has 0 amide bonds. The number of aromatic amines is 1. The predicted molar refractivity (Wildman–Crippen MR) is 145 cm³/mol. The standard InChI is InChI=1S/C30H34N6O2/c1-34-19-31-33-26(34)13-30(17-38-18-30)21-3-2-4-23(11-21)36-15-25(20-5-6-20)24-12-22(32-27(24)28(36)37)14-35-10-9-29(16-35)7-8-29/h2-4,11-12,15,19-20,32H,5-10,13-14,16-18H2,1H3. The van der Waals surface area contributed by atoms with Crippen molar-refractivity contribution in [3.63, 3.8) is 0 Å². The van der Waals surface area contributed by atoms with Gasteiger partial charge in [0.25, 0.3) is 5.56 Å². The van der Waals surface area contributed by atoms with Crippen molar-refractivity contribution in [1.29, 1.82) is 0 Å². The van der Waals surface area contributed by atoms with Crippen LogP contribution >= 0.6 is 0 Å². The van der Waals surface area contributed by atoms with Gasteiger partial charge in [-0.2, -0.15) is 0 Å². The highest BCUT2D eigenvalue weighted by atomic mass is 16.5. The van der Waals surface area contributed by atoms with Gasteiger partial charge < -0.3 is 14.3 Å². The lowest BCUT2D eigenvalue weighted by atomic mass is 9.75. The maximum Gasteiger partial charge on any atom is 0.279 e. The van der Waals surface area contributed by atoms with Gasteiger partial charge in [-0.3, -0.25) is 14.3 Å². The van der Waals surface area contributed by atoms with E-state index in [2.05, 4.69) is 50.5 Å². The molecule has 1 aromatic carbocycles. The zero-order valence-electron chi connectivity index (χ0n) is 21.9. The van der Waals surface area contributed by atoms with Gasteiger partial charge in [-0.1, -0.05) is 12.1 Å². The fraction of sp³-hybridized carbons (Fsp3) is 0.500. The maximum absolute atomic E-state index is 13.9. The minimum Gasteiger partial charge on any atom is -0.379 e. The van der Waals surface area contributed by atoms with Crippen molar-refractivity contribution < 1.29 is 4.74 Å². The highest BCUT2D eigenvalue weighted by molar-refractivity contribution is 5.84. The van der Waals surface area contributed by atoms with Crippen LogP contribution in [0.5, 0.6) is 0 Å². The Morgan fingerprint density at radius 2 is 2.03 bits per heavy atom. The third kappa shape index (κ3) is 3.68. The fourth-order valence-corrected chi connectivity index (χ4v) is 6.75. The van der Waals surface area contributed by atoms with E-state index in [4.69, 9.17) is 4.74 Å². The molecule has 0 unspecified atom stereocenters. The molecule has 8 rings (SSSR count). The Kier molecular flexibility index (Phi) is 4.86. The number of hydrogen-bond acceptors (Lipinski definition) is 5. The van der Waals surface area contributed by atoms with E-state index in [9.17, 15) is 4.79 Å². The van der Waals surface area contributed by atoms with Gasteiger partial charge in [0.15, 0.2) is 0 Å². The van der Waals surface area contributed by atoms with Crippen molar-refractivity contribution in [1.82, 2.24) is 29.2 Å². The van der Waals surface area contributed by atoms with Crippen molar-refractivity contribution in [3.8, 4) is 5.69 Å². The first-order valence-electron chi connectivity index (χ1n) is 14.0. The van der Waals surface area contributed by atoms with Gasteiger partial charge in [0.1, 0.15) is 17.7 Å². The van der Waals surface area contributed by atoms with Crippen LogP contribution in [-0.4, -0.2) is 55.5 Å². The van der Waals surface area contributed by atoms with E-state index in [-0.39, 0.29) is 11.0 Å². The molecule has 3 aromatic heterocycles. The number of H-pyrrole nitrogens is 1. The van der Waals surface area contributed by atoms with Crippen LogP contribution in [-0.2, 0) is 30.2 Å². The molecule has 4 aliphatic rings. The molecule has 1 spiro atoms. The lowest BCUT2D eigenvalue weighted by Crippen LogP contribution is -2.49. The lowest BCUT2D eigenvalue weighted by Gasteiger charge is -2.41. The zero-order chi connectivity index (χ0) is 25.5. The van der Waals surface area contributed by atoms with Gasteiger partial charge >= 0.3 is 0 Å². The van der Waals surface area contributed by atoms with Crippen molar-refractivity contribution in [2.45, 2.75) is 56.4 Å². The highest BCUT2D eigenvalue weighted by Crippen LogP contribution is 2.53. The number of nitrogens with one attached hydrogen (secondary N) is 1. The van der Waals surface area contributed by atoms with Gasteiger partial charge in [-0.25, -0.2) is 0 Å². The molecule has 8 heteroatoms. The molecule has 2 aliphatic carbocycles. The molecule has 8 nitrogen and oxygen atoms in total. The van der Waals surface area contributed by atoms with Crippen molar-refractivity contribution in [2.75, 3.05) is 26.3 Å². The third-order valence-corrected chi connectivity index (χ3v) is 9.57. The maximum atomic E-state index is 13.9. The molecule has 2 aliphatic heterocycles. The zero-order valence-corrected chi connectivity index (χ0v) is 21.9. The molecule has 2 saturated carbocycles. The highest BCUT2D eigenvalue weighted by Gasteiger charge is 2.47. The molecule has 2 saturated heterocycles. The van der Waals surface area contributed by atoms with Gasteiger partial charge in [0, 0.05) is 54.9 Å². The monoisotopic (exact) mass is 510 g/mol. The molecule has 0 bridgehead atoms. The number of nitrogens with zero attached hydrogens (tertiary/aromatic N) is 5. The Bertz CT molecular complexity index is 1600. The van der Waals surface area contributed by atoms with Crippen LogP contribution in [0.15, 0.2) is 47.7 Å². The number of aryl methyl sites for hydroxylation is 1. The molecule has 38 heavy (non-hydrogen) atoms. The first-order chi connectivity index (χ1) is 18.5. The molecule has 5 heterocycles. The molecule has 1 N–H and O–H groups in total. The summed E-state index contributed by atoms with van der Waals surface area (Å²) in [6.45, 7) is 4.56. The summed E-state index contributed by atoms with van der Waals surface area (Å²) in [4.78, 5) is 20.0.